The Morgan fingerprint density at radius 3 is 2.86 bits per heavy atom. The summed E-state index contributed by atoms with van der Waals surface area (Å²) in [5, 5.41) is 4.71. The van der Waals surface area contributed by atoms with Gasteiger partial charge in [0.2, 0.25) is 0 Å². The molecule has 0 aliphatic heterocycles. The minimum atomic E-state index is -0.355. The third-order valence-corrected chi connectivity index (χ3v) is 3.68. The lowest BCUT2D eigenvalue weighted by Gasteiger charge is -2.18. The molecule has 4 heteroatoms. The van der Waals surface area contributed by atoms with Crippen LogP contribution in [0.1, 0.15) is 18.5 Å². The van der Waals surface area contributed by atoms with Crippen LogP contribution < -0.4 is 5.32 Å². The van der Waals surface area contributed by atoms with Crippen molar-refractivity contribution in [2.24, 2.45) is 0 Å². The standard InChI is InChI=1S/C17H13ClFN2/c1-11(12-6-2-4-8-15(12)19)21-17-13-7-3-5-9-16(13)20-10-14(17)18/h2-7,9-11H,1H3,(H,20,21)/t11-/m1/s1. The van der Waals surface area contributed by atoms with E-state index in [0.29, 0.717) is 10.6 Å². The number of para-hydroxylation sites is 1. The van der Waals surface area contributed by atoms with E-state index in [9.17, 15) is 4.39 Å². The second kappa shape index (κ2) is 5.70. The molecule has 1 aromatic heterocycles. The number of pyridine rings is 1. The number of nitrogens with zero attached hydrogens (tertiary/aromatic N) is 1. The molecule has 1 N–H and O–H groups in total. The van der Waals surface area contributed by atoms with Crippen LogP contribution in [0, 0.1) is 11.9 Å². The van der Waals surface area contributed by atoms with Gasteiger partial charge in [0, 0.05) is 23.2 Å². The second-order valence-corrected chi connectivity index (χ2v) is 5.21. The molecule has 0 aliphatic carbocycles. The van der Waals surface area contributed by atoms with Crippen molar-refractivity contribution in [3.63, 3.8) is 0 Å². The number of anilines is 1. The molecule has 3 rings (SSSR count). The predicted octanol–water partition coefficient (Wildman–Crippen LogP) is 5.00. The molecule has 0 amide bonds. The SMILES string of the molecule is C[C@@H](Nc1c(Cl)cnc2ccccc12)c1ccc[c]c1F. The Morgan fingerprint density at radius 1 is 1.24 bits per heavy atom. The molecule has 0 saturated carbocycles. The first-order chi connectivity index (χ1) is 10.2. The van der Waals surface area contributed by atoms with E-state index in [1.165, 1.54) is 0 Å². The Labute approximate surface area is 127 Å². The minimum absolute atomic E-state index is 0.231. The lowest BCUT2D eigenvalue weighted by atomic mass is 10.1. The summed E-state index contributed by atoms with van der Waals surface area (Å²) in [6.07, 6.45) is 1.60. The third kappa shape index (κ3) is 2.69. The van der Waals surface area contributed by atoms with E-state index in [4.69, 9.17) is 11.6 Å². The first-order valence-electron chi connectivity index (χ1n) is 6.62. The number of rotatable bonds is 3. The average molecular weight is 300 g/mol. The van der Waals surface area contributed by atoms with Crippen LogP contribution in [-0.4, -0.2) is 4.98 Å². The highest BCUT2D eigenvalue weighted by Crippen LogP contribution is 2.32. The van der Waals surface area contributed by atoms with Crippen LogP contribution in [0.3, 0.4) is 0 Å². The van der Waals surface area contributed by atoms with Crippen LogP contribution in [0.4, 0.5) is 10.1 Å². The number of fused-ring (bicyclic) bond motifs is 1. The molecule has 0 unspecified atom stereocenters. The molecule has 2 nitrogen and oxygen atoms in total. The molecule has 2 aromatic carbocycles. The molecule has 21 heavy (non-hydrogen) atoms. The van der Waals surface area contributed by atoms with Crippen molar-refractivity contribution >= 4 is 28.2 Å². The van der Waals surface area contributed by atoms with Crippen molar-refractivity contribution in [2.45, 2.75) is 13.0 Å². The summed E-state index contributed by atoms with van der Waals surface area (Å²) in [4.78, 5) is 4.29. The van der Waals surface area contributed by atoms with Crippen LogP contribution >= 0.6 is 11.6 Å². The molecule has 0 fully saturated rings. The van der Waals surface area contributed by atoms with Crippen molar-refractivity contribution in [3.8, 4) is 0 Å². The topological polar surface area (TPSA) is 24.9 Å². The summed E-state index contributed by atoms with van der Waals surface area (Å²) < 4.78 is 13.8. The number of hydrogen-bond acceptors (Lipinski definition) is 2. The average Bonchev–Trinajstić information content (AvgIpc) is 2.50. The van der Waals surface area contributed by atoms with Crippen molar-refractivity contribution in [2.75, 3.05) is 5.32 Å². The fraction of sp³-hybridized carbons (Fsp3) is 0.118. The van der Waals surface area contributed by atoms with E-state index in [-0.39, 0.29) is 11.9 Å². The van der Waals surface area contributed by atoms with Crippen LogP contribution in [0.15, 0.2) is 48.7 Å². The summed E-state index contributed by atoms with van der Waals surface area (Å²) in [6, 6.07) is 15.1. The number of hydrogen-bond donors (Lipinski definition) is 1. The van der Waals surface area contributed by atoms with Gasteiger partial charge < -0.3 is 5.32 Å². The Kier molecular flexibility index (Phi) is 3.76. The van der Waals surface area contributed by atoms with Crippen molar-refractivity contribution in [3.05, 3.63) is 71.1 Å². The monoisotopic (exact) mass is 299 g/mol. The number of nitrogens with one attached hydrogen (secondary N) is 1. The zero-order valence-electron chi connectivity index (χ0n) is 11.4. The van der Waals surface area contributed by atoms with E-state index < -0.39 is 0 Å². The Hall–Kier alpha value is -2.13. The molecule has 0 aliphatic rings. The fourth-order valence-corrected chi connectivity index (χ4v) is 2.53. The van der Waals surface area contributed by atoms with Gasteiger partial charge in [0.25, 0.3) is 0 Å². The summed E-state index contributed by atoms with van der Waals surface area (Å²) in [6.45, 7) is 1.89. The highest BCUT2D eigenvalue weighted by Gasteiger charge is 2.14. The highest BCUT2D eigenvalue weighted by molar-refractivity contribution is 6.34. The first kappa shape index (κ1) is 13.8. The first-order valence-corrected chi connectivity index (χ1v) is 7.00. The number of benzene rings is 2. The summed E-state index contributed by atoms with van der Waals surface area (Å²) in [5.41, 5.74) is 2.16. The maximum absolute atomic E-state index is 13.8. The lowest BCUT2D eigenvalue weighted by molar-refractivity contribution is 0.598. The van der Waals surface area contributed by atoms with Crippen LogP contribution in [0.2, 0.25) is 5.02 Å². The molecule has 105 valence electrons. The molecule has 3 aromatic rings. The summed E-state index contributed by atoms with van der Waals surface area (Å²) in [5.74, 6) is -0.355. The lowest BCUT2D eigenvalue weighted by Crippen LogP contribution is -2.09. The molecular weight excluding hydrogens is 287 g/mol. The molecule has 1 heterocycles. The van der Waals surface area contributed by atoms with Gasteiger partial charge >= 0.3 is 0 Å². The van der Waals surface area contributed by atoms with Gasteiger partial charge in [0.05, 0.1) is 22.3 Å². The zero-order valence-corrected chi connectivity index (χ0v) is 12.2. The fourth-order valence-electron chi connectivity index (χ4n) is 2.32. The van der Waals surface area contributed by atoms with Gasteiger partial charge in [0.1, 0.15) is 5.82 Å². The van der Waals surface area contributed by atoms with Gasteiger partial charge in [-0.05, 0) is 13.0 Å². The minimum Gasteiger partial charge on any atom is -0.377 e. The van der Waals surface area contributed by atoms with Gasteiger partial charge in [-0.15, -0.1) is 0 Å². The van der Waals surface area contributed by atoms with E-state index in [0.717, 1.165) is 16.6 Å². The van der Waals surface area contributed by atoms with Crippen LogP contribution in [0.25, 0.3) is 10.9 Å². The van der Waals surface area contributed by atoms with E-state index in [2.05, 4.69) is 16.4 Å². The quantitative estimate of drug-likeness (QED) is 0.736. The highest BCUT2D eigenvalue weighted by atomic mass is 35.5. The largest absolute Gasteiger partial charge is 0.377 e. The third-order valence-electron chi connectivity index (χ3n) is 3.39. The zero-order chi connectivity index (χ0) is 14.8. The number of aromatic nitrogens is 1. The molecule has 0 saturated heterocycles. The van der Waals surface area contributed by atoms with Crippen molar-refractivity contribution in [1.82, 2.24) is 4.98 Å². The molecule has 1 atom stereocenters. The van der Waals surface area contributed by atoms with Gasteiger partial charge in [-0.25, -0.2) is 4.39 Å². The Morgan fingerprint density at radius 2 is 2.05 bits per heavy atom. The van der Waals surface area contributed by atoms with Crippen molar-refractivity contribution in [1.29, 1.82) is 0 Å². The molecule has 0 spiro atoms. The maximum Gasteiger partial charge on any atom is 0.136 e. The molecule has 0 bridgehead atoms. The maximum atomic E-state index is 13.8. The second-order valence-electron chi connectivity index (χ2n) is 4.80. The van der Waals surface area contributed by atoms with Gasteiger partial charge in [-0.3, -0.25) is 4.98 Å². The molecule has 1 radical (unpaired) electrons. The van der Waals surface area contributed by atoms with E-state index in [1.54, 1.807) is 24.4 Å². The molecular formula is C17H13ClFN2. The Balaban J connectivity index is 2.02. The van der Waals surface area contributed by atoms with Gasteiger partial charge in [-0.1, -0.05) is 48.0 Å². The van der Waals surface area contributed by atoms with E-state index in [1.807, 2.05) is 31.2 Å². The van der Waals surface area contributed by atoms with Crippen LogP contribution in [-0.2, 0) is 0 Å². The van der Waals surface area contributed by atoms with Crippen LogP contribution in [0.5, 0.6) is 0 Å². The Bertz CT molecular complexity index is 789. The normalized spacial score (nSPS) is 12.3. The van der Waals surface area contributed by atoms with Crippen molar-refractivity contribution < 1.29 is 4.39 Å². The number of halogens is 2. The summed E-state index contributed by atoms with van der Waals surface area (Å²) >= 11 is 6.25. The predicted molar refractivity (Wildman–Crippen MR) is 84.0 cm³/mol. The van der Waals surface area contributed by atoms with E-state index >= 15 is 0 Å². The smallest absolute Gasteiger partial charge is 0.136 e. The summed E-state index contributed by atoms with van der Waals surface area (Å²) in [7, 11) is 0. The van der Waals surface area contributed by atoms with Gasteiger partial charge in [0.15, 0.2) is 0 Å². The van der Waals surface area contributed by atoms with Gasteiger partial charge in [-0.2, -0.15) is 0 Å².